The first-order valence-corrected chi connectivity index (χ1v) is 5.87. The molecule has 0 radical (unpaired) electrons. The molecule has 0 spiro atoms. The molecule has 3 nitrogen and oxygen atoms in total. The summed E-state index contributed by atoms with van der Waals surface area (Å²) in [6, 6.07) is 0.509. The summed E-state index contributed by atoms with van der Waals surface area (Å²) in [5.74, 6) is 0.137. The number of carbonyl (C=O) groups excluding carboxylic acids is 1. The SMILES string of the molecule is CCCCC(=O)NNC1CCCCC1. The Labute approximate surface area is 86.6 Å². The maximum absolute atomic E-state index is 11.3. The minimum Gasteiger partial charge on any atom is -0.291 e. The Bertz CT molecular complexity index is 165. The van der Waals surface area contributed by atoms with Gasteiger partial charge < -0.3 is 0 Å². The molecule has 0 unspecified atom stereocenters. The lowest BCUT2D eigenvalue weighted by atomic mass is 9.96. The molecule has 0 atom stereocenters. The standard InChI is InChI=1S/C11H22N2O/c1-2-3-9-11(14)13-12-10-7-5-4-6-8-10/h10,12H,2-9H2,1H3,(H,13,14). The molecule has 14 heavy (non-hydrogen) atoms. The summed E-state index contributed by atoms with van der Waals surface area (Å²) in [5, 5.41) is 0. The van der Waals surface area contributed by atoms with Crippen molar-refractivity contribution in [2.45, 2.75) is 64.3 Å². The van der Waals surface area contributed by atoms with Crippen LogP contribution >= 0.6 is 0 Å². The van der Waals surface area contributed by atoms with Crippen molar-refractivity contribution in [3.63, 3.8) is 0 Å². The molecular weight excluding hydrogens is 176 g/mol. The summed E-state index contributed by atoms with van der Waals surface area (Å²) in [4.78, 5) is 11.3. The minimum atomic E-state index is 0.137. The zero-order valence-electron chi connectivity index (χ0n) is 9.14. The maximum Gasteiger partial charge on any atom is 0.234 e. The molecular formula is C11H22N2O. The molecule has 1 fully saturated rings. The fourth-order valence-electron chi connectivity index (χ4n) is 1.83. The molecule has 1 aliphatic rings. The lowest BCUT2D eigenvalue weighted by molar-refractivity contribution is -0.122. The van der Waals surface area contributed by atoms with E-state index >= 15 is 0 Å². The molecule has 82 valence electrons. The molecule has 1 amide bonds. The molecule has 1 saturated carbocycles. The van der Waals surface area contributed by atoms with Gasteiger partial charge in [-0.25, -0.2) is 5.43 Å². The summed E-state index contributed by atoms with van der Waals surface area (Å²) in [5.41, 5.74) is 5.93. The predicted molar refractivity (Wildman–Crippen MR) is 57.7 cm³/mol. The van der Waals surface area contributed by atoms with Gasteiger partial charge in [-0.15, -0.1) is 0 Å². The number of amides is 1. The van der Waals surface area contributed by atoms with Crippen LogP contribution < -0.4 is 10.9 Å². The second kappa shape index (κ2) is 6.82. The summed E-state index contributed by atoms with van der Waals surface area (Å²) < 4.78 is 0. The van der Waals surface area contributed by atoms with Gasteiger partial charge in [0.25, 0.3) is 0 Å². The van der Waals surface area contributed by atoms with Crippen LogP contribution in [0.15, 0.2) is 0 Å². The monoisotopic (exact) mass is 198 g/mol. The van der Waals surface area contributed by atoms with Gasteiger partial charge in [0.1, 0.15) is 0 Å². The fourth-order valence-corrected chi connectivity index (χ4v) is 1.83. The van der Waals surface area contributed by atoms with E-state index in [4.69, 9.17) is 0 Å². The van der Waals surface area contributed by atoms with Gasteiger partial charge in [0.15, 0.2) is 0 Å². The van der Waals surface area contributed by atoms with E-state index in [0.29, 0.717) is 12.5 Å². The average molecular weight is 198 g/mol. The Hall–Kier alpha value is -0.570. The second-order valence-corrected chi connectivity index (χ2v) is 4.13. The number of rotatable bonds is 5. The first-order chi connectivity index (χ1) is 6.83. The van der Waals surface area contributed by atoms with E-state index in [1.807, 2.05) is 0 Å². The van der Waals surface area contributed by atoms with Gasteiger partial charge in [0.2, 0.25) is 5.91 Å². The maximum atomic E-state index is 11.3. The lowest BCUT2D eigenvalue weighted by Gasteiger charge is -2.22. The predicted octanol–water partition coefficient (Wildman–Crippen LogP) is 2.13. The second-order valence-electron chi connectivity index (χ2n) is 4.13. The number of hydrogen-bond donors (Lipinski definition) is 2. The van der Waals surface area contributed by atoms with Crippen LogP contribution in [0.25, 0.3) is 0 Å². The van der Waals surface area contributed by atoms with Crippen LogP contribution in [-0.2, 0) is 4.79 Å². The van der Waals surface area contributed by atoms with Crippen LogP contribution in [0.3, 0.4) is 0 Å². The van der Waals surface area contributed by atoms with Gasteiger partial charge in [-0.1, -0.05) is 32.6 Å². The first kappa shape index (κ1) is 11.5. The van der Waals surface area contributed by atoms with Gasteiger partial charge in [-0.3, -0.25) is 10.2 Å². The van der Waals surface area contributed by atoms with Crippen LogP contribution in [-0.4, -0.2) is 11.9 Å². The minimum absolute atomic E-state index is 0.137. The number of carbonyl (C=O) groups is 1. The Kier molecular flexibility index (Phi) is 5.60. The third-order valence-electron chi connectivity index (χ3n) is 2.78. The summed E-state index contributed by atoms with van der Waals surface area (Å²) >= 11 is 0. The van der Waals surface area contributed by atoms with Crippen LogP contribution in [0, 0.1) is 0 Å². The zero-order chi connectivity index (χ0) is 10.2. The molecule has 1 aliphatic carbocycles. The molecule has 0 aliphatic heterocycles. The van der Waals surface area contributed by atoms with Crippen LogP contribution in [0.2, 0.25) is 0 Å². The van der Waals surface area contributed by atoms with Crippen molar-refractivity contribution in [1.82, 2.24) is 10.9 Å². The molecule has 0 aromatic carbocycles. The fraction of sp³-hybridized carbons (Fsp3) is 0.909. The highest BCUT2D eigenvalue weighted by atomic mass is 16.2. The topological polar surface area (TPSA) is 41.1 Å². The van der Waals surface area contributed by atoms with E-state index in [1.54, 1.807) is 0 Å². The van der Waals surface area contributed by atoms with E-state index in [2.05, 4.69) is 17.8 Å². The first-order valence-electron chi connectivity index (χ1n) is 5.87. The van der Waals surface area contributed by atoms with Gasteiger partial charge in [-0.05, 0) is 19.3 Å². The van der Waals surface area contributed by atoms with Gasteiger partial charge in [0.05, 0.1) is 0 Å². The van der Waals surface area contributed by atoms with Crippen LogP contribution in [0.4, 0.5) is 0 Å². The lowest BCUT2D eigenvalue weighted by Crippen LogP contribution is -2.45. The molecule has 0 aromatic heterocycles. The molecule has 0 saturated heterocycles. The van der Waals surface area contributed by atoms with Gasteiger partial charge in [0, 0.05) is 12.5 Å². The van der Waals surface area contributed by atoms with Crippen molar-refractivity contribution in [2.75, 3.05) is 0 Å². The molecule has 1 rings (SSSR count). The Morgan fingerprint density at radius 3 is 2.64 bits per heavy atom. The molecule has 2 N–H and O–H groups in total. The van der Waals surface area contributed by atoms with Gasteiger partial charge in [-0.2, -0.15) is 0 Å². The molecule has 0 heterocycles. The number of unbranched alkanes of at least 4 members (excludes halogenated alkanes) is 1. The summed E-state index contributed by atoms with van der Waals surface area (Å²) in [7, 11) is 0. The number of hydrogen-bond acceptors (Lipinski definition) is 2. The van der Waals surface area contributed by atoms with Crippen molar-refractivity contribution in [1.29, 1.82) is 0 Å². The quantitative estimate of drug-likeness (QED) is 0.664. The highest BCUT2D eigenvalue weighted by molar-refractivity contribution is 5.75. The zero-order valence-corrected chi connectivity index (χ0v) is 9.14. The van der Waals surface area contributed by atoms with Crippen molar-refractivity contribution in [2.24, 2.45) is 0 Å². The van der Waals surface area contributed by atoms with E-state index in [9.17, 15) is 4.79 Å². The third-order valence-corrected chi connectivity index (χ3v) is 2.78. The largest absolute Gasteiger partial charge is 0.291 e. The summed E-state index contributed by atoms with van der Waals surface area (Å²) in [6.45, 7) is 2.10. The molecule has 0 bridgehead atoms. The van der Waals surface area contributed by atoms with Crippen molar-refractivity contribution in [3.8, 4) is 0 Å². The Morgan fingerprint density at radius 1 is 1.29 bits per heavy atom. The van der Waals surface area contributed by atoms with Crippen molar-refractivity contribution < 1.29 is 4.79 Å². The van der Waals surface area contributed by atoms with E-state index in [1.165, 1.54) is 32.1 Å². The van der Waals surface area contributed by atoms with E-state index in [0.717, 1.165) is 12.8 Å². The number of hydrazine groups is 1. The highest BCUT2D eigenvalue weighted by Crippen LogP contribution is 2.16. The average Bonchev–Trinajstić information content (AvgIpc) is 2.25. The molecule has 3 heteroatoms. The van der Waals surface area contributed by atoms with Crippen molar-refractivity contribution in [3.05, 3.63) is 0 Å². The van der Waals surface area contributed by atoms with Crippen LogP contribution in [0.1, 0.15) is 58.3 Å². The van der Waals surface area contributed by atoms with Gasteiger partial charge >= 0.3 is 0 Å². The Balaban J connectivity index is 2.03. The number of nitrogens with one attached hydrogen (secondary N) is 2. The molecule has 0 aromatic rings. The van der Waals surface area contributed by atoms with E-state index < -0.39 is 0 Å². The summed E-state index contributed by atoms with van der Waals surface area (Å²) in [6.07, 6.45) is 9.06. The van der Waals surface area contributed by atoms with E-state index in [-0.39, 0.29) is 5.91 Å². The highest BCUT2D eigenvalue weighted by Gasteiger charge is 2.12. The Morgan fingerprint density at radius 2 is 2.00 bits per heavy atom. The smallest absolute Gasteiger partial charge is 0.234 e. The van der Waals surface area contributed by atoms with Crippen LogP contribution in [0.5, 0.6) is 0 Å². The van der Waals surface area contributed by atoms with Crippen molar-refractivity contribution >= 4 is 5.91 Å². The normalized spacial score (nSPS) is 18.1. The third kappa shape index (κ3) is 4.61.